The van der Waals surface area contributed by atoms with E-state index >= 15 is 0 Å². The number of H-pyrrole nitrogens is 1. The Kier molecular flexibility index (Phi) is 3.28. The fourth-order valence-electron chi connectivity index (χ4n) is 2.40. The Morgan fingerprint density at radius 1 is 0.960 bits per heavy atom. The SMILES string of the molecule is O=C(Nc1ncn[nH]1)c1ccc(N2C(=O)c3nccnc3C2=O)cc1. The molecule has 0 radical (unpaired) electrons. The van der Waals surface area contributed by atoms with E-state index in [-0.39, 0.29) is 17.3 Å². The second-order valence-corrected chi connectivity index (χ2v) is 5.03. The number of nitrogens with one attached hydrogen (secondary N) is 2. The van der Waals surface area contributed by atoms with Gasteiger partial charge in [-0.25, -0.2) is 20.0 Å². The van der Waals surface area contributed by atoms with E-state index < -0.39 is 17.7 Å². The molecule has 2 aromatic heterocycles. The maximum absolute atomic E-state index is 12.3. The number of anilines is 2. The van der Waals surface area contributed by atoms with Crippen LogP contribution in [0.5, 0.6) is 0 Å². The Morgan fingerprint density at radius 2 is 1.60 bits per heavy atom. The van der Waals surface area contributed by atoms with Gasteiger partial charge in [0.15, 0.2) is 11.4 Å². The third-order valence-electron chi connectivity index (χ3n) is 3.54. The monoisotopic (exact) mass is 335 g/mol. The highest BCUT2D eigenvalue weighted by Gasteiger charge is 2.39. The fraction of sp³-hybridized carbons (Fsp3) is 0. The summed E-state index contributed by atoms with van der Waals surface area (Å²) in [4.78, 5) is 49.3. The first-order chi connectivity index (χ1) is 12.1. The first-order valence-electron chi connectivity index (χ1n) is 7.12. The molecule has 10 nitrogen and oxygen atoms in total. The summed E-state index contributed by atoms with van der Waals surface area (Å²) in [6, 6.07) is 5.98. The lowest BCUT2D eigenvalue weighted by atomic mass is 10.2. The largest absolute Gasteiger partial charge is 0.291 e. The minimum atomic E-state index is -0.549. The Bertz CT molecular complexity index is 948. The molecule has 3 amide bonds. The molecular weight excluding hydrogens is 326 g/mol. The molecule has 0 bridgehead atoms. The summed E-state index contributed by atoms with van der Waals surface area (Å²) in [5.41, 5.74) is 0.679. The lowest BCUT2D eigenvalue weighted by molar-refractivity contribution is 0.0922. The van der Waals surface area contributed by atoms with Crippen LogP contribution in [0, 0.1) is 0 Å². The summed E-state index contributed by atoms with van der Waals surface area (Å²) in [5.74, 6) is -1.29. The zero-order chi connectivity index (χ0) is 17.4. The highest BCUT2D eigenvalue weighted by Crippen LogP contribution is 2.26. The molecule has 1 aromatic carbocycles. The van der Waals surface area contributed by atoms with Crippen LogP contribution >= 0.6 is 0 Å². The molecule has 0 spiro atoms. The van der Waals surface area contributed by atoms with Crippen molar-refractivity contribution in [1.82, 2.24) is 25.1 Å². The van der Waals surface area contributed by atoms with Gasteiger partial charge in [0.1, 0.15) is 6.33 Å². The molecule has 1 aliphatic heterocycles. The van der Waals surface area contributed by atoms with E-state index in [9.17, 15) is 14.4 Å². The van der Waals surface area contributed by atoms with Crippen LogP contribution in [-0.4, -0.2) is 42.9 Å². The number of fused-ring (bicyclic) bond motifs is 1. The molecule has 0 atom stereocenters. The Labute approximate surface area is 139 Å². The minimum absolute atomic E-state index is 0.0136. The summed E-state index contributed by atoms with van der Waals surface area (Å²) in [7, 11) is 0. The highest BCUT2D eigenvalue weighted by atomic mass is 16.2. The number of carbonyl (C=O) groups is 3. The third-order valence-corrected chi connectivity index (χ3v) is 3.54. The highest BCUT2D eigenvalue weighted by molar-refractivity contribution is 6.33. The van der Waals surface area contributed by atoms with Crippen molar-refractivity contribution in [3.8, 4) is 0 Å². The molecule has 0 fully saturated rings. The van der Waals surface area contributed by atoms with Crippen molar-refractivity contribution in [1.29, 1.82) is 0 Å². The summed E-state index contributed by atoms with van der Waals surface area (Å²) in [6.07, 6.45) is 3.97. The molecule has 2 N–H and O–H groups in total. The van der Waals surface area contributed by atoms with E-state index in [0.717, 1.165) is 4.90 Å². The van der Waals surface area contributed by atoms with Crippen molar-refractivity contribution >= 4 is 29.4 Å². The van der Waals surface area contributed by atoms with E-state index in [0.29, 0.717) is 11.3 Å². The van der Waals surface area contributed by atoms with Gasteiger partial charge in [-0.2, -0.15) is 10.1 Å². The maximum atomic E-state index is 12.3. The number of imide groups is 1. The van der Waals surface area contributed by atoms with Crippen LogP contribution in [0.25, 0.3) is 0 Å². The number of aromatic nitrogens is 5. The molecule has 3 heterocycles. The quantitative estimate of drug-likeness (QED) is 0.671. The number of aromatic amines is 1. The van der Waals surface area contributed by atoms with E-state index in [1.165, 1.54) is 43.0 Å². The Balaban J connectivity index is 1.58. The number of hydrogen-bond donors (Lipinski definition) is 2. The maximum Gasteiger partial charge on any atom is 0.286 e. The fourth-order valence-corrected chi connectivity index (χ4v) is 2.40. The van der Waals surface area contributed by atoms with Gasteiger partial charge < -0.3 is 0 Å². The number of hydrogen-bond acceptors (Lipinski definition) is 7. The molecule has 0 aliphatic carbocycles. The molecule has 0 saturated carbocycles. The van der Waals surface area contributed by atoms with Crippen LogP contribution in [0.1, 0.15) is 31.3 Å². The van der Waals surface area contributed by atoms with E-state index in [1.54, 1.807) is 0 Å². The summed E-state index contributed by atoms with van der Waals surface area (Å²) >= 11 is 0. The van der Waals surface area contributed by atoms with Crippen molar-refractivity contribution in [2.45, 2.75) is 0 Å². The molecule has 122 valence electrons. The van der Waals surface area contributed by atoms with Gasteiger partial charge in [0.2, 0.25) is 5.95 Å². The minimum Gasteiger partial charge on any atom is -0.291 e. The number of benzene rings is 1. The standard InChI is InChI=1S/C15H9N7O3/c23-12(20-15-18-7-19-21-15)8-1-3-9(4-2-8)22-13(24)10-11(14(22)25)17-6-5-16-10/h1-7H,(H2,18,19,20,21,23). The number of amides is 3. The van der Waals surface area contributed by atoms with Gasteiger partial charge >= 0.3 is 0 Å². The summed E-state index contributed by atoms with van der Waals surface area (Å²) in [6.45, 7) is 0. The Morgan fingerprint density at radius 3 is 2.16 bits per heavy atom. The molecule has 25 heavy (non-hydrogen) atoms. The van der Waals surface area contributed by atoms with Crippen molar-refractivity contribution in [2.75, 3.05) is 10.2 Å². The van der Waals surface area contributed by atoms with Gasteiger partial charge in [-0.05, 0) is 24.3 Å². The molecule has 1 aliphatic rings. The van der Waals surface area contributed by atoms with Gasteiger partial charge in [-0.1, -0.05) is 0 Å². The van der Waals surface area contributed by atoms with Crippen molar-refractivity contribution < 1.29 is 14.4 Å². The summed E-state index contributed by atoms with van der Waals surface area (Å²) < 4.78 is 0. The van der Waals surface area contributed by atoms with Crippen LogP contribution < -0.4 is 10.2 Å². The van der Waals surface area contributed by atoms with Gasteiger partial charge in [-0.3, -0.25) is 19.7 Å². The van der Waals surface area contributed by atoms with Gasteiger partial charge in [0.25, 0.3) is 17.7 Å². The Hall–Kier alpha value is -3.95. The first kappa shape index (κ1) is 14.6. The van der Waals surface area contributed by atoms with Gasteiger partial charge in [0.05, 0.1) is 5.69 Å². The summed E-state index contributed by atoms with van der Waals surface area (Å²) in [5, 5.41) is 8.66. The normalized spacial score (nSPS) is 13.0. The first-order valence-corrected chi connectivity index (χ1v) is 7.12. The number of rotatable bonds is 3. The molecule has 4 rings (SSSR count). The zero-order valence-electron chi connectivity index (χ0n) is 12.5. The lowest BCUT2D eigenvalue weighted by Gasteiger charge is -2.13. The lowest BCUT2D eigenvalue weighted by Crippen LogP contribution is -2.29. The molecule has 10 heteroatoms. The number of nitrogens with zero attached hydrogens (tertiary/aromatic N) is 5. The molecular formula is C15H9N7O3. The van der Waals surface area contributed by atoms with E-state index in [2.05, 4.69) is 30.5 Å². The van der Waals surface area contributed by atoms with Crippen LogP contribution in [0.4, 0.5) is 11.6 Å². The predicted octanol–water partition coefficient (Wildman–Crippen LogP) is 0.648. The van der Waals surface area contributed by atoms with E-state index in [4.69, 9.17) is 0 Å². The van der Waals surface area contributed by atoms with Crippen molar-refractivity contribution in [3.05, 3.63) is 59.9 Å². The number of carbonyl (C=O) groups excluding carboxylic acids is 3. The van der Waals surface area contributed by atoms with Gasteiger partial charge in [0, 0.05) is 18.0 Å². The van der Waals surface area contributed by atoms with Crippen molar-refractivity contribution in [3.63, 3.8) is 0 Å². The second-order valence-electron chi connectivity index (χ2n) is 5.03. The van der Waals surface area contributed by atoms with Crippen LogP contribution in [0.3, 0.4) is 0 Å². The predicted molar refractivity (Wildman–Crippen MR) is 83.9 cm³/mol. The molecule has 0 unspecified atom stereocenters. The van der Waals surface area contributed by atoms with E-state index in [1.807, 2.05) is 0 Å². The second kappa shape index (κ2) is 5.60. The van der Waals surface area contributed by atoms with Crippen molar-refractivity contribution in [2.24, 2.45) is 0 Å². The molecule has 0 saturated heterocycles. The molecule has 3 aromatic rings. The topological polar surface area (TPSA) is 134 Å². The average molecular weight is 335 g/mol. The average Bonchev–Trinajstić information content (AvgIpc) is 3.23. The third kappa shape index (κ3) is 2.41. The van der Waals surface area contributed by atoms with Crippen LogP contribution in [0.15, 0.2) is 43.0 Å². The van der Waals surface area contributed by atoms with Gasteiger partial charge in [-0.15, -0.1) is 0 Å². The van der Waals surface area contributed by atoms with Crippen LogP contribution in [0.2, 0.25) is 0 Å². The smallest absolute Gasteiger partial charge is 0.286 e. The zero-order valence-corrected chi connectivity index (χ0v) is 12.5. The van der Waals surface area contributed by atoms with Crippen LogP contribution in [-0.2, 0) is 0 Å².